The van der Waals surface area contributed by atoms with Gasteiger partial charge < -0.3 is 9.64 Å². The van der Waals surface area contributed by atoms with Crippen LogP contribution >= 0.6 is 11.6 Å². The van der Waals surface area contributed by atoms with Crippen LogP contribution < -0.4 is 4.90 Å². The van der Waals surface area contributed by atoms with Gasteiger partial charge in [0.25, 0.3) is 5.91 Å². The fourth-order valence-corrected chi connectivity index (χ4v) is 2.02. The Labute approximate surface area is 132 Å². The van der Waals surface area contributed by atoms with Crippen molar-refractivity contribution in [1.29, 1.82) is 0 Å². The number of anilines is 1. The minimum absolute atomic E-state index is 0.0612. The molecule has 0 unspecified atom stereocenters. The molecule has 2 aromatic carbocycles. The number of halogens is 2. The number of benzene rings is 2. The van der Waals surface area contributed by atoms with E-state index in [2.05, 4.69) is 0 Å². The molecule has 0 spiro atoms. The maximum absolute atomic E-state index is 13.6. The summed E-state index contributed by atoms with van der Waals surface area (Å²) >= 11 is 5.76. The maximum atomic E-state index is 13.6. The topological polar surface area (TPSA) is 46.6 Å². The zero-order valence-corrected chi connectivity index (χ0v) is 12.5. The smallest absolute Gasteiger partial charge is 0.343 e. The number of nitrogens with zero attached hydrogens (tertiary/aromatic N) is 1. The van der Waals surface area contributed by atoms with E-state index in [9.17, 15) is 14.0 Å². The Bertz CT molecular complexity index is 671. The summed E-state index contributed by atoms with van der Waals surface area (Å²) in [6.07, 6.45) is 0. The molecule has 1 amide bonds. The molecular weight excluding hydrogens is 309 g/mol. The molecule has 0 fully saturated rings. The first kappa shape index (κ1) is 16.0. The third-order valence-corrected chi connectivity index (χ3v) is 3.33. The first-order chi connectivity index (χ1) is 10.5. The van der Waals surface area contributed by atoms with Gasteiger partial charge in [-0.05, 0) is 24.3 Å². The Morgan fingerprint density at radius 2 is 1.82 bits per heavy atom. The number of likely N-dealkylation sites (N-methyl/N-ethyl adjacent to an activating group) is 1. The normalized spacial score (nSPS) is 10.1. The second-order valence-electron chi connectivity index (χ2n) is 4.46. The van der Waals surface area contributed by atoms with E-state index in [0.29, 0.717) is 5.69 Å². The van der Waals surface area contributed by atoms with Gasteiger partial charge in [-0.3, -0.25) is 4.79 Å². The lowest BCUT2D eigenvalue weighted by atomic mass is 10.2. The number of para-hydroxylation sites is 1. The highest BCUT2D eigenvalue weighted by molar-refractivity contribution is 6.33. The van der Waals surface area contributed by atoms with E-state index in [4.69, 9.17) is 16.3 Å². The van der Waals surface area contributed by atoms with E-state index in [1.165, 1.54) is 17.0 Å². The average Bonchev–Trinajstić information content (AvgIpc) is 2.52. The number of ether oxygens (including phenoxy) is 1. The van der Waals surface area contributed by atoms with Crippen LogP contribution in [0.15, 0.2) is 48.5 Å². The van der Waals surface area contributed by atoms with Crippen LogP contribution in [0.5, 0.6) is 0 Å². The Morgan fingerprint density at radius 1 is 1.14 bits per heavy atom. The summed E-state index contributed by atoms with van der Waals surface area (Å²) in [4.78, 5) is 25.1. The SMILES string of the molecule is CN(C(=O)COC(=O)c1c(F)cccc1Cl)c1ccccc1. The maximum Gasteiger partial charge on any atom is 0.343 e. The number of esters is 1. The zero-order chi connectivity index (χ0) is 16.1. The summed E-state index contributed by atoms with van der Waals surface area (Å²) < 4.78 is 18.4. The van der Waals surface area contributed by atoms with Crippen LogP contribution in [-0.2, 0) is 9.53 Å². The quantitative estimate of drug-likeness (QED) is 0.812. The van der Waals surface area contributed by atoms with Crippen molar-refractivity contribution in [2.24, 2.45) is 0 Å². The van der Waals surface area contributed by atoms with Crippen LogP contribution in [0, 0.1) is 5.82 Å². The Kier molecular flexibility index (Phi) is 5.12. The number of rotatable bonds is 4. The number of amides is 1. The first-order valence-electron chi connectivity index (χ1n) is 6.43. The van der Waals surface area contributed by atoms with Gasteiger partial charge in [0.15, 0.2) is 6.61 Å². The number of hydrogen-bond donors (Lipinski definition) is 0. The molecule has 0 heterocycles. The monoisotopic (exact) mass is 321 g/mol. The molecule has 2 aromatic rings. The van der Waals surface area contributed by atoms with Crippen molar-refractivity contribution >= 4 is 29.2 Å². The van der Waals surface area contributed by atoms with Crippen molar-refractivity contribution in [2.75, 3.05) is 18.6 Å². The van der Waals surface area contributed by atoms with Crippen LogP contribution in [0.2, 0.25) is 5.02 Å². The standard InChI is InChI=1S/C16H13ClFNO3/c1-19(11-6-3-2-4-7-11)14(20)10-22-16(21)15-12(17)8-5-9-13(15)18/h2-9H,10H2,1H3. The Morgan fingerprint density at radius 3 is 2.45 bits per heavy atom. The average molecular weight is 322 g/mol. The highest BCUT2D eigenvalue weighted by Crippen LogP contribution is 2.20. The third-order valence-electron chi connectivity index (χ3n) is 3.01. The molecule has 0 saturated carbocycles. The lowest BCUT2D eigenvalue weighted by Gasteiger charge is -2.17. The van der Waals surface area contributed by atoms with Gasteiger partial charge in [-0.1, -0.05) is 35.9 Å². The predicted molar refractivity (Wildman–Crippen MR) is 81.5 cm³/mol. The van der Waals surface area contributed by atoms with Crippen molar-refractivity contribution in [3.63, 3.8) is 0 Å². The van der Waals surface area contributed by atoms with Gasteiger partial charge in [0.2, 0.25) is 0 Å². The molecule has 0 N–H and O–H groups in total. The van der Waals surface area contributed by atoms with Gasteiger partial charge in [0, 0.05) is 12.7 Å². The van der Waals surface area contributed by atoms with E-state index in [-0.39, 0.29) is 10.6 Å². The highest BCUT2D eigenvalue weighted by atomic mass is 35.5. The van der Waals surface area contributed by atoms with Gasteiger partial charge in [0.1, 0.15) is 11.4 Å². The summed E-state index contributed by atoms with van der Waals surface area (Å²) in [7, 11) is 1.56. The molecular formula is C16H13ClFNO3. The summed E-state index contributed by atoms with van der Waals surface area (Å²) in [5.41, 5.74) is 0.284. The Balaban J connectivity index is 2.01. The molecule has 4 nitrogen and oxygen atoms in total. The minimum atomic E-state index is -0.974. The van der Waals surface area contributed by atoms with Crippen LogP contribution in [0.3, 0.4) is 0 Å². The summed E-state index contributed by atoms with van der Waals surface area (Å²) in [5, 5.41) is -0.0612. The molecule has 0 saturated heterocycles. The second-order valence-corrected chi connectivity index (χ2v) is 4.87. The van der Waals surface area contributed by atoms with Crippen molar-refractivity contribution in [2.45, 2.75) is 0 Å². The molecule has 0 radical (unpaired) electrons. The minimum Gasteiger partial charge on any atom is -0.452 e. The van der Waals surface area contributed by atoms with E-state index in [0.717, 1.165) is 6.07 Å². The van der Waals surface area contributed by atoms with Crippen LogP contribution in [0.1, 0.15) is 10.4 Å². The van der Waals surface area contributed by atoms with E-state index < -0.39 is 24.3 Å². The van der Waals surface area contributed by atoms with Gasteiger partial charge in [-0.2, -0.15) is 0 Å². The second kappa shape index (κ2) is 7.04. The fraction of sp³-hybridized carbons (Fsp3) is 0.125. The van der Waals surface area contributed by atoms with E-state index in [1.54, 1.807) is 31.3 Å². The lowest BCUT2D eigenvalue weighted by molar-refractivity contribution is -0.121. The molecule has 0 aliphatic rings. The van der Waals surface area contributed by atoms with Crippen LogP contribution in [0.25, 0.3) is 0 Å². The van der Waals surface area contributed by atoms with Crippen molar-refractivity contribution in [1.82, 2.24) is 0 Å². The predicted octanol–water partition coefficient (Wildman–Crippen LogP) is 3.30. The van der Waals surface area contributed by atoms with Crippen LogP contribution in [-0.4, -0.2) is 25.5 Å². The molecule has 2 rings (SSSR count). The summed E-state index contributed by atoms with van der Waals surface area (Å²) in [6, 6.07) is 12.7. The summed E-state index contributed by atoms with van der Waals surface area (Å²) in [6.45, 7) is -0.505. The van der Waals surface area contributed by atoms with Gasteiger partial charge in [0.05, 0.1) is 5.02 Å². The molecule has 6 heteroatoms. The summed E-state index contributed by atoms with van der Waals surface area (Å²) in [5.74, 6) is -2.20. The molecule has 0 atom stereocenters. The lowest BCUT2D eigenvalue weighted by Crippen LogP contribution is -2.31. The van der Waals surface area contributed by atoms with E-state index in [1.807, 2.05) is 6.07 Å². The zero-order valence-electron chi connectivity index (χ0n) is 11.8. The largest absolute Gasteiger partial charge is 0.452 e. The van der Waals surface area contributed by atoms with Crippen LogP contribution in [0.4, 0.5) is 10.1 Å². The Hall–Kier alpha value is -2.40. The molecule has 0 aliphatic carbocycles. The first-order valence-corrected chi connectivity index (χ1v) is 6.81. The molecule has 0 aliphatic heterocycles. The van der Waals surface area contributed by atoms with Gasteiger partial charge in [-0.25, -0.2) is 9.18 Å². The fourth-order valence-electron chi connectivity index (χ4n) is 1.78. The number of carbonyl (C=O) groups excluding carboxylic acids is 2. The van der Waals surface area contributed by atoms with E-state index >= 15 is 0 Å². The molecule has 0 bridgehead atoms. The number of hydrogen-bond acceptors (Lipinski definition) is 3. The molecule has 0 aromatic heterocycles. The van der Waals surface area contributed by atoms with Crippen molar-refractivity contribution < 1.29 is 18.7 Å². The third kappa shape index (κ3) is 3.62. The molecule has 22 heavy (non-hydrogen) atoms. The molecule has 114 valence electrons. The highest BCUT2D eigenvalue weighted by Gasteiger charge is 2.19. The van der Waals surface area contributed by atoms with Gasteiger partial charge >= 0.3 is 5.97 Å². The van der Waals surface area contributed by atoms with Crippen molar-refractivity contribution in [3.05, 3.63) is 64.9 Å². The number of carbonyl (C=O) groups is 2. The van der Waals surface area contributed by atoms with Gasteiger partial charge in [-0.15, -0.1) is 0 Å². The van der Waals surface area contributed by atoms with Crippen molar-refractivity contribution in [3.8, 4) is 0 Å².